The van der Waals surface area contributed by atoms with E-state index in [0.29, 0.717) is 30.4 Å². The van der Waals surface area contributed by atoms with Crippen LogP contribution in [0.4, 0.5) is 8.78 Å². The van der Waals surface area contributed by atoms with Gasteiger partial charge in [0.25, 0.3) is 0 Å². The van der Waals surface area contributed by atoms with Gasteiger partial charge in [0.05, 0.1) is 6.61 Å². The lowest BCUT2D eigenvalue weighted by Gasteiger charge is -2.26. The van der Waals surface area contributed by atoms with Crippen molar-refractivity contribution in [1.29, 1.82) is 0 Å². The van der Waals surface area contributed by atoms with Gasteiger partial charge in [0.15, 0.2) is 11.6 Å². The minimum Gasteiger partial charge on any atom is -0.490 e. The Hall–Kier alpha value is -1.12. The quantitative estimate of drug-likeness (QED) is 0.763. The number of hydrogen-bond acceptors (Lipinski definition) is 1. The fraction of sp³-hybridized carbons (Fsp3) is 0.625. The minimum absolute atomic E-state index is 0.0711. The van der Waals surface area contributed by atoms with Crippen LogP contribution in [0.15, 0.2) is 12.1 Å². The molecular weight excluding hydrogens is 246 g/mol. The first kappa shape index (κ1) is 12.9. The summed E-state index contributed by atoms with van der Waals surface area (Å²) in [5.41, 5.74) is 0.498. The van der Waals surface area contributed by atoms with E-state index in [2.05, 4.69) is 0 Å². The number of benzene rings is 1. The van der Waals surface area contributed by atoms with Crippen molar-refractivity contribution in [2.75, 3.05) is 6.61 Å². The summed E-state index contributed by atoms with van der Waals surface area (Å²) in [7, 11) is 0. The maximum absolute atomic E-state index is 13.9. The molecule has 2 fully saturated rings. The third-order valence-corrected chi connectivity index (χ3v) is 4.56. The van der Waals surface area contributed by atoms with Gasteiger partial charge in [-0.05, 0) is 42.7 Å². The predicted octanol–water partition coefficient (Wildman–Crippen LogP) is 4.49. The number of halogens is 2. The van der Waals surface area contributed by atoms with Gasteiger partial charge in [-0.15, -0.1) is 0 Å². The van der Waals surface area contributed by atoms with Gasteiger partial charge in [-0.3, -0.25) is 0 Å². The normalized spacial score (nSPS) is 19.9. The molecule has 1 aromatic rings. The first-order valence-corrected chi connectivity index (χ1v) is 7.33. The Morgan fingerprint density at radius 2 is 1.63 bits per heavy atom. The number of hydrogen-bond donors (Lipinski definition) is 0. The maximum Gasteiger partial charge on any atom is 0.200 e. The Labute approximate surface area is 113 Å². The van der Waals surface area contributed by atoms with Crippen LogP contribution in [0.5, 0.6) is 5.75 Å². The molecule has 0 spiro atoms. The summed E-state index contributed by atoms with van der Waals surface area (Å²) >= 11 is 0. The van der Waals surface area contributed by atoms with Gasteiger partial charge >= 0.3 is 0 Å². The Bertz CT molecular complexity index is 450. The smallest absolute Gasteiger partial charge is 0.200 e. The van der Waals surface area contributed by atoms with Gasteiger partial charge in [-0.1, -0.05) is 31.7 Å². The van der Waals surface area contributed by atoms with E-state index in [0.717, 1.165) is 25.7 Å². The molecule has 0 aliphatic heterocycles. The Kier molecular flexibility index (Phi) is 3.72. The second-order valence-corrected chi connectivity index (χ2v) is 5.96. The topological polar surface area (TPSA) is 9.23 Å². The standard InChI is InChI=1S/C16H20F2O/c17-15-13(9-11-3-1-4-11)7-8-14(16(15)18)19-10-12-5-2-6-12/h7-8,11-12H,1-6,9-10H2. The van der Waals surface area contributed by atoms with Crippen molar-refractivity contribution in [3.8, 4) is 5.75 Å². The average molecular weight is 266 g/mol. The van der Waals surface area contributed by atoms with E-state index in [-0.39, 0.29) is 5.75 Å². The van der Waals surface area contributed by atoms with Crippen molar-refractivity contribution in [1.82, 2.24) is 0 Å². The second-order valence-electron chi connectivity index (χ2n) is 5.96. The lowest BCUT2D eigenvalue weighted by atomic mass is 9.81. The summed E-state index contributed by atoms with van der Waals surface area (Å²) in [5, 5.41) is 0. The second kappa shape index (κ2) is 5.48. The Morgan fingerprint density at radius 3 is 2.21 bits per heavy atom. The fourth-order valence-electron chi connectivity index (χ4n) is 2.72. The molecule has 0 bridgehead atoms. The highest BCUT2D eigenvalue weighted by molar-refractivity contribution is 5.31. The van der Waals surface area contributed by atoms with E-state index >= 15 is 0 Å². The van der Waals surface area contributed by atoms with E-state index in [4.69, 9.17) is 4.74 Å². The molecule has 0 unspecified atom stereocenters. The molecular formula is C16H20F2O. The molecule has 0 aromatic heterocycles. The molecule has 1 nitrogen and oxygen atoms in total. The molecule has 0 saturated heterocycles. The molecule has 2 saturated carbocycles. The Balaban J connectivity index is 1.65. The zero-order valence-corrected chi connectivity index (χ0v) is 11.1. The summed E-state index contributed by atoms with van der Waals surface area (Å²) in [5.74, 6) is -0.385. The number of rotatable bonds is 5. The molecule has 104 valence electrons. The molecule has 3 rings (SSSR count). The molecule has 0 N–H and O–H groups in total. The minimum atomic E-state index is -0.809. The molecule has 2 aliphatic carbocycles. The highest BCUT2D eigenvalue weighted by atomic mass is 19.2. The Morgan fingerprint density at radius 1 is 0.947 bits per heavy atom. The molecule has 2 aliphatic rings. The molecule has 0 heterocycles. The van der Waals surface area contributed by atoms with Gasteiger partial charge in [0.2, 0.25) is 5.82 Å². The van der Waals surface area contributed by atoms with E-state index in [1.54, 1.807) is 12.1 Å². The van der Waals surface area contributed by atoms with E-state index in [1.807, 2.05) is 0 Å². The zero-order chi connectivity index (χ0) is 13.2. The molecule has 0 amide bonds. The predicted molar refractivity (Wildman–Crippen MR) is 70.2 cm³/mol. The number of ether oxygens (including phenoxy) is 1. The summed E-state index contributed by atoms with van der Waals surface area (Å²) in [4.78, 5) is 0. The van der Waals surface area contributed by atoms with Crippen LogP contribution in [0.3, 0.4) is 0 Å². The molecule has 3 heteroatoms. The van der Waals surface area contributed by atoms with Gasteiger partial charge in [-0.25, -0.2) is 4.39 Å². The summed E-state index contributed by atoms with van der Waals surface area (Å²) < 4.78 is 33.3. The lowest BCUT2D eigenvalue weighted by molar-refractivity contribution is 0.174. The van der Waals surface area contributed by atoms with Gasteiger partial charge < -0.3 is 4.74 Å². The van der Waals surface area contributed by atoms with Crippen LogP contribution in [0.1, 0.15) is 44.1 Å². The van der Waals surface area contributed by atoms with Crippen molar-refractivity contribution in [3.05, 3.63) is 29.3 Å². The first-order chi connectivity index (χ1) is 9.24. The molecule has 1 aromatic carbocycles. The lowest BCUT2D eigenvalue weighted by Crippen LogP contribution is -2.20. The van der Waals surface area contributed by atoms with Crippen LogP contribution < -0.4 is 4.74 Å². The summed E-state index contributed by atoms with van der Waals surface area (Å²) in [6, 6.07) is 3.28. The summed E-state index contributed by atoms with van der Waals surface area (Å²) in [6.07, 6.45) is 7.67. The van der Waals surface area contributed by atoms with Crippen LogP contribution in [-0.2, 0) is 6.42 Å². The molecule has 0 atom stereocenters. The largest absolute Gasteiger partial charge is 0.490 e. The van der Waals surface area contributed by atoms with E-state index < -0.39 is 11.6 Å². The van der Waals surface area contributed by atoms with Crippen LogP contribution >= 0.6 is 0 Å². The third-order valence-electron chi connectivity index (χ3n) is 4.56. The molecule has 19 heavy (non-hydrogen) atoms. The first-order valence-electron chi connectivity index (χ1n) is 7.33. The van der Waals surface area contributed by atoms with Crippen LogP contribution in [0.2, 0.25) is 0 Å². The van der Waals surface area contributed by atoms with Crippen molar-refractivity contribution in [2.24, 2.45) is 11.8 Å². The highest BCUT2D eigenvalue weighted by Gasteiger charge is 2.23. The van der Waals surface area contributed by atoms with E-state index in [9.17, 15) is 8.78 Å². The van der Waals surface area contributed by atoms with Crippen LogP contribution in [0.25, 0.3) is 0 Å². The SMILES string of the molecule is Fc1c(CC2CCC2)ccc(OCC2CCC2)c1F. The summed E-state index contributed by atoms with van der Waals surface area (Å²) in [6.45, 7) is 0.512. The van der Waals surface area contributed by atoms with Gasteiger partial charge in [-0.2, -0.15) is 4.39 Å². The monoisotopic (exact) mass is 266 g/mol. The highest BCUT2D eigenvalue weighted by Crippen LogP contribution is 2.33. The van der Waals surface area contributed by atoms with Crippen molar-refractivity contribution in [2.45, 2.75) is 44.9 Å². The van der Waals surface area contributed by atoms with Gasteiger partial charge in [0.1, 0.15) is 0 Å². The maximum atomic E-state index is 13.9. The fourth-order valence-corrected chi connectivity index (χ4v) is 2.72. The van der Waals surface area contributed by atoms with Crippen molar-refractivity contribution >= 4 is 0 Å². The van der Waals surface area contributed by atoms with Crippen LogP contribution in [-0.4, -0.2) is 6.61 Å². The zero-order valence-electron chi connectivity index (χ0n) is 11.1. The van der Waals surface area contributed by atoms with E-state index in [1.165, 1.54) is 12.8 Å². The van der Waals surface area contributed by atoms with Crippen LogP contribution in [0, 0.1) is 23.5 Å². The van der Waals surface area contributed by atoms with Crippen molar-refractivity contribution < 1.29 is 13.5 Å². The van der Waals surface area contributed by atoms with Crippen molar-refractivity contribution in [3.63, 3.8) is 0 Å². The molecule has 0 radical (unpaired) electrons. The third kappa shape index (κ3) is 2.75. The average Bonchev–Trinajstić information content (AvgIpc) is 2.29. The van der Waals surface area contributed by atoms with Gasteiger partial charge in [0, 0.05) is 0 Å².